The van der Waals surface area contributed by atoms with Crippen molar-refractivity contribution in [1.29, 1.82) is 0 Å². The minimum atomic E-state index is -1.09. The number of carboxylic acids is 1. The third kappa shape index (κ3) is 6.23. The van der Waals surface area contributed by atoms with Gasteiger partial charge in [0.1, 0.15) is 6.04 Å². The van der Waals surface area contributed by atoms with Crippen molar-refractivity contribution in [3.63, 3.8) is 0 Å². The summed E-state index contributed by atoms with van der Waals surface area (Å²) in [6.45, 7) is 5.72. The first-order valence-corrected chi connectivity index (χ1v) is 9.24. The molecule has 148 valence electrons. The van der Waals surface area contributed by atoms with Gasteiger partial charge in [0, 0.05) is 24.1 Å². The molecule has 1 atom stereocenters. The van der Waals surface area contributed by atoms with Crippen LogP contribution in [-0.2, 0) is 16.0 Å². The van der Waals surface area contributed by atoms with Crippen LogP contribution in [-0.4, -0.2) is 28.9 Å². The van der Waals surface area contributed by atoms with Crippen molar-refractivity contribution in [2.24, 2.45) is 5.92 Å². The number of carbonyl (C=O) groups excluding carboxylic acids is 2. The lowest BCUT2D eigenvalue weighted by atomic mass is 10.0. The van der Waals surface area contributed by atoms with Crippen LogP contribution >= 0.6 is 0 Å². The number of anilines is 1. The molecule has 2 aromatic carbocycles. The van der Waals surface area contributed by atoms with E-state index in [9.17, 15) is 19.5 Å². The Balaban J connectivity index is 2.07. The molecule has 0 aliphatic heterocycles. The highest BCUT2D eigenvalue weighted by atomic mass is 16.4. The van der Waals surface area contributed by atoms with Crippen LogP contribution in [0.1, 0.15) is 41.8 Å². The SMILES string of the molecule is Cc1cc(C(=O)NC(Cc2ccccc2)C(=O)O)ccc1NC(=O)CC(C)C. The monoisotopic (exact) mass is 382 g/mol. The predicted octanol–water partition coefficient (Wildman–Crippen LogP) is 3.41. The van der Waals surface area contributed by atoms with E-state index in [0.717, 1.165) is 11.1 Å². The average Bonchev–Trinajstić information content (AvgIpc) is 2.62. The summed E-state index contributed by atoms with van der Waals surface area (Å²) in [5.74, 6) is -1.38. The van der Waals surface area contributed by atoms with Crippen molar-refractivity contribution in [2.45, 2.75) is 39.7 Å². The maximum atomic E-state index is 12.5. The summed E-state index contributed by atoms with van der Waals surface area (Å²) >= 11 is 0. The Labute approximate surface area is 165 Å². The number of hydrogen-bond donors (Lipinski definition) is 3. The third-order valence-electron chi connectivity index (χ3n) is 4.24. The molecule has 0 heterocycles. The Hall–Kier alpha value is -3.15. The van der Waals surface area contributed by atoms with Gasteiger partial charge in [-0.2, -0.15) is 0 Å². The Morgan fingerprint density at radius 1 is 1.04 bits per heavy atom. The second-order valence-corrected chi connectivity index (χ2v) is 7.23. The van der Waals surface area contributed by atoms with Crippen LogP contribution in [0.4, 0.5) is 5.69 Å². The Kier molecular flexibility index (Phi) is 7.32. The van der Waals surface area contributed by atoms with E-state index in [4.69, 9.17) is 0 Å². The van der Waals surface area contributed by atoms with Crippen LogP contribution in [0.5, 0.6) is 0 Å². The molecule has 0 radical (unpaired) electrons. The zero-order valence-electron chi connectivity index (χ0n) is 16.4. The fraction of sp³-hybridized carbons (Fsp3) is 0.318. The summed E-state index contributed by atoms with van der Waals surface area (Å²) in [7, 11) is 0. The summed E-state index contributed by atoms with van der Waals surface area (Å²) in [5, 5.41) is 14.8. The number of carbonyl (C=O) groups is 3. The highest BCUT2D eigenvalue weighted by Gasteiger charge is 2.21. The Bertz CT molecular complexity index is 847. The van der Waals surface area contributed by atoms with Crippen LogP contribution in [0.15, 0.2) is 48.5 Å². The Morgan fingerprint density at radius 2 is 1.71 bits per heavy atom. The van der Waals surface area contributed by atoms with Crippen molar-refractivity contribution in [3.05, 3.63) is 65.2 Å². The second kappa shape index (κ2) is 9.69. The molecule has 6 nitrogen and oxygen atoms in total. The maximum absolute atomic E-state index is 12.5. The van der Waals surface area contributed by atoms with E-state index in [1.54, 1.807) is 25.1 Å². The smallest absolute Gasteiger partial charge is 0.326 e. The zero-order valence-corrected chi connectivity index (χ0v) is 16.4. The molecule has 0 aliphatic rings. The van der Waals surface area contributed by atoms with Crippen LogP contribution < -0.4 is 10.6 Å². The Morgan fingerprint density at radius 3 is 2.29 bits per heavy atom. The molecule has 0 aromatic heterocycles. The van der Waals surface area contributed by atoms with Crippen molar-refractivity contribution in [2.75, 3.05) is 5.32 Å². The van der Waals surface area contributed by atoms with Crippen molar-refractivity contribution < 1.29 is 19.5 Å². The molecule has 2 aromatic rings. The van der Waals surface area contributed by atoms with Gasteiger partial charge in [-0.25, -0.2) is 4.79 Å². The first-order valence-electron chi connectivity index (χ1n) is 9.24. The third-order valence-corrected chi connectivity index (χ3v) is 4.24. The first kappa shape index (κ1) is 21.2. The van der Waals surface area contributed by atoms with E-state index in [-0.39, 0.29) is 18.2 Å². The highest BCUT2D eigenvalue weighted by Crippen LogP contribution is 2.18. The minimum Gasteiger partial charge on any atom is -0.480 e. The average molecular weight is 382 g/mol. The lowest BCUT2D eigenvalue weighted by molar-refractivity contribution is -0.139. The van der Waals surface area contributed by atoms with Crippen molar-refractivity contribution in [3.8, 4) is 0 Å². The molecular formula is C22H26N2O4. The summed E-state index contributed by atoms with van der Waals surface area (Å²) in [6.07, 6.45) is 0.617. The standard InChI is InChI=1S/C22H26N2O4/c1-14(2)11-20(25)23-18-10-9-17(12-15(18)3)21(26)24-19(22(27)28)13-16-7-5-4-6-8-16/h4-10,12,14,19H,11,13H2,1-3H3,(H,23,25)(H,24,26)(H,27,28). The van der Waals surface area contributed by atoms with E-state index in [1.165, 1.54) is 0 Å². The first-order chi connectivity index (χ1) is 13.3. The largest absolute Gasteiger partial charge is 0.480 e. The number of hydrogen-bond acceptors (Lipinski definition) is 3. The quantitative estimate of drug-likeness (QED) is 0.652. The van der Waals surface area contributed by atoms with Gasteiger partial charge in [0.05, 0.1) is 0 Å². The maximum Gasteiger partial charge on any atom is 0.326 e. The fourth-order valence-electron chi connectivity index (χ4n) is 2.81. The second-order valence-electron chi connectivity index (χ2n) is 7.23. The van der Waals surface area contributed by atoms with Crippen molar-refractivity contribution >= 4 is 23.5 Å². The molecule has 0 spiro atoms. The van der Waals surface area contributed by atoms with Crippen LogP contribution in [0.3, 0.4) is 0 Å². The van der Waals surface area contributed by atoms with E-state index >= 15 is 0 Å². The number of aryl methyl sites for hydroxylation is 1. The number of aliphatic carboxylic acids is 1. The van der Waals surface area contributed by atoms with Gasteiger partial charge in [-0.15, -0.1) is 0 Å². The van der Waals surface area contributed by atoms with E-state index < -0.39 is 17.9 Å². The molecule has 0 aliphatic carbocycles. The normalized spacial score (nSPS) is 11.7. The molecule has 3 N–H and O–H groups in total. The van der Waals surface area contributed by atoms with Gasteiger partial charge in [-0.05, 0) is 42.2 Å². The topological polar surface area (TPSA) is 95.5 Å². The predicted molar refractivity (Wildman–Crippen MR) is 108 cm³/mol. The molecule has 1 unspecified atom stereocenters. The fourth-order valence-corrected chi connectivity index (χ4v) is 2.81. The molecular weight excluding hydrogens is 356 g/mol. The number of nitrogens with one attached hydrogen (secondary N) is 2. The van der Waals surface area contributed by atoms with Gasteiger partial charge >= 0.3 is 5.97 Å². The van der Waals surface area contributed by atoms with Crippen molar-refractivity contribution in [1.82, 2.24) is 5.32 Å². The number of rotatable bonds is 8. The summed E-state index contributed by atoms with van der Waals surface area (Å²) < 4.78 is 0. The number of benzene rings is 2. The highest BCUT2D eigenvalue weighted by molar-refractivity contribution is 5.98. The van der Waals surface area contributed by atoms with Gasteiger partial charge in [-0.1, -0.05) is 44.2 Å². The van der Waals surface area contributed by atoms with E-state index in [1.807, 2.05) is 44.2 Å². The number of amides is 2. The van der Waals surface area contributed by atoms with Gasteiger partial charge in [-0.3, -0.25) is 9.59 Å². The van der Waals surface area contributed by atoms with E-state index in [0.29, 0.717) is 17.7 Å². The van der Waals surface area contributed by atoms with Gasteiger partial charge in [0.2, 0.25) is 5.91 Å². The van der Waals surface area contributed by atoms with Crippen LogP contribution in [0.2, 0.25) is 0 Å². The minimum absolute atomic E-state index is 0.0795. The molecule has 2 amide bonds. The van der Waals surface area contributed by atoms with Gasteiger partial charge in [0.15, 0.2) is 0 Å². The molecule has 0 fully saturated rings. The van der Waals surface area contributed by atoms with Gasteiger partial charge in [0.25, 0.3) is 5.91 Å². The summed E-state index contributed by atoms with van der Waals surface area (Å²) in [5.41, 5.74) is 2.55. The summed E-state index contributed by atoms with van der Waals surface area (Å²) in [4.78, 5) is 36.0. The molecule has 0 saturated carbocycles. The molecule has 0 saturated heterocycles. The summed E-state index contributed by atoms with van der Waals surface area (Å²) in [6, 6.07) is 13.0. The molecule has 2 rings (SSSR count). The molecule has 0 bridgehead atoms. The number of carboxylic acid groups (broad SMARTS) is 1. The molecule has 6 heteroatoms. The lowest BCUT2D eigenvalue weighted by Crippen LogP contribution is -2.42. The van der Waals surface area contributed by atoms with Gasteiger partial charge < -0.3 is 15.7 Å². The zero-order chi connectivity index (χ0) is 20.7. The van der Waals surface area contributed by atoms with Crippen LogP contribution in [0, 0.1) is 12.8 Å². The lowest BCUT2D eigenvalue weighted by Gasteiger charge is -2.16. The van der Waals surface area contributed by atoms with Crippen LogP contribution in [0.25, 0.3) is 0 Å². The molecule has 28 heavy (non-hydrogen) atoms. The van der Waals surface area contributed by atoms with E-state index in [2.05, 4.69) is 10.6 Å².